The van der Waals surface area contributed by atoms with Gasteiger partial charge in [0.1, 0.15) is 17.4 Å². The Morgan fingerprint density at radius 3 is 1.14 bits per heavy atom. The number of carbonyl (C=O) groups is 1. The quantitative estimate of drug-likeness (QED) is 0.0648. The Labute approximate surface area is 601 Å². The maximum Gasteiger partial charge on any atom is 1.00 e. The molecule has 0 atom stereocenters. The topological polar surface area (TPSA) is 104 Å². The average Bonchev–Trinajstić information content (AvgIpc) is 0.861. The van der Waals surface area contributed by atoms with Crippen molar-refractivity contribution in [2.24, 2.45) is 0 Å². The second-order valence-electron chi connectivity index (χ2n) is 24.0. The summed E-state index contributed by atoms with van der Waals surface area (Å²) in [6.45, 7) is 11.4. The van der Waals surface area contributed by atoms with Gasteiger partial charge in [0.2, 0.25) is 0 Å². The van der Waals surface area contributed by atoms with Crippen LogP contribution in [0.3, 0.4) is 0 Å². The molecule has 2 saturated heterocycles. The fraction of sp³-hybridized carbons (Fsp3) is 0.463. The van der Waals surface area contributed by atoms with Gasteiger partial charge in [-0.25, -0.2) is 17.6 Å². The molecule has 0 spiro atoms. The molecule has 7 aromatic carbocycles. The molecule has 0 unspecified atom stereocenters. The van der Waals surface area contributed by atoms with Crippen molar-refractivity contribution in [1.29, 1.82) is 0 Å². The summed E-state index contributed by atoms with van der Waals surface area (Å²) in [5, 5.41) is 41.6. The molecule has 7 aromatic rings. The summed E-state index contributed by atoms with van der Waals surface area (Å²) in [5.74, 6) is -1.90. The number of unbranched alkanes of at least 4 members (excludes halogenated alkanes) is 1. The van der Waals surface area contributed by atoms with Gasteiger partial charge in [-0.15, -0.1) is 0 Å². The first-order valence-corrected chi connectivity index (χ1v) is 33.5. The summed E-state index contributed by atoms with van der Waals surface area (Å²) < 4.78 is 72.8. The van der Waals surface area contributed by atoms with Gasteiger partial charge < -0.3 is 27.3 Å². The van der Waals surface area contributed by atoms with Crippen LogP contribution in [-0.2, 0) is 40.3 Å². The number of aliphatic hydroxyl groups is 4. The first-order valence-electron chi connectivity index (χ1n) is 32.7. The number of alkyl halides is 2. The maximum atomic E-state index is 13.5. The van der Waals surface area contributed by atoms with E-state index in [0.29, 0.717) is 51.4 Å². The fourth-order valence-electron chi connectivity index (χ4n) is 11.9. The van der Waals surface area contributed by atoms with Gasteiger partial charge in [-0.1, -0.05) is 268 Å². The van der Waals surface area contributed by atoms with E-state index in [4.69, 9.17) is 0 Å². The number of rotatable bonds is 9. The van der Waals surface area contributed by atoms with E-state index in [1.165, 1.54) is 54.3 Å². The van der Waals surface area contributed by atoms with Crippen LogP contribution in [0.2, 0.25) is 0 Å². The molecule has 0 amide bonds. The number of halogens is 7. The number of benzene rings is 7. The Bertz CT molecular complexity index is 3030. The molecule has 97 heavy (non-hydrogen) atoms. The molecule has 0 radical (unpaired) electrons. The van der Waals surface area contributed by atoms with E-state index >= 15 is 0 Å². The van der Waals surface area contributed by atoms with Gasteiger partial charge in [-0.3, -0.25) is 23.4 Å². The molecule has 534 valence electrons. The Morgan fingerprint density at radius 2 is 0.742 bits per heavy atom. The van der Waals surface area contributed by atoms with Crippen LogP contribution in [0.1, 0.15) is 205 Å². The molecular formula is C82H116BrF6LiN2O5. The predicted octanol–water partition coefficient (Wildman–Crippen LogP) is 18.9. The normalized spacial score (nSPS) is 16.7. The van der Waals surface area contributed by atoms with Crippen LogP contribution in [0.5, 0.6) is 0 Å². The third-order valence-corrected chi connectivity index (χ3v) is 17.8. The summed E-state index contributed by atoms with van der Waals surface area (Å²) in [6.07, 6.45) is 18.6. The standard InChI is InChI=1S/C18H21NO.C12H14F2O.2C12H15FO.C12H15NO.C6H5Br.C4H9.2CH3F.4CH4.Li/c20-18(17-9-5-2-6-10-17)11-13-19(14-12-18)15-16-7-3-1-4-8-16;13-10-6-4-5-9(11(10)14)12(15)7-2-1-3-8-12;13-11-7-3-2-6-10(11)12(14)8-4-1-5-9-12;13-11-6-4-10(5-7-11)12(14)8-2-1-3-9-12;14-12-6-8-13(9-7-12)10-11-4-2-1-3-5-11;7-6-4-2-1-3-5-6;1-3-4-2;2*1-2;;;;;/h1-10,20H,11-15H2;4-6,15H,1-3,7-8H2;2-3,6-7,14H,1,4-5,8-9H2;4-7,14H,1-3,8-9H2;1-5H,6-10H2;1-5H;1,3-4H2,2H3;2*1H3;4*1H4;/q;;;;;;-1;;;;;;;+1. The van der Waals surface area contributed by atoms with Gasteiger partial charge in [-0.2, -0.15) is 6.42 Å². The zero-order valence-electron chi connectivity index (χ0n) is 55.4. The zero-order valence-corrected chi connectivity index (χ0v) is 57.0. The molecule has 12 rings (SSSR count). The minimum atomic E-state index is -1.16. The number of hydrogen-bond acceptors (Lipinski definition) is 7. The minimum absolute atomic E-state index is 0. The van der Waals surface area contributed by atoms with Gasteiger partial charge in [0.05, 0.1) is 36.8 Å². The van der Waals surface area contributed by atoms with Crippen LogP contribution in [0, 0.1) is 30.2 Å². The van der Waals surface area contributed by atoms with Crippen molar-refractivity contribution in [2.75, 3.05) is 40.5 Å². The largest absolute Gasteiger partial charge is 1.00 e. The molecule has 2 aliphatic heterocycles. The molecule has 2 heterocycles. The summed E-state index contributed by atoms with van der Waals surface area (Å²) in [7, 11) is 1.00. The van der Waals surface area contributed by atoms with Gasteiger partial charge in [0.25, 0.3) is 0 Å². The smallest absolute Gasteiger partial charge is 0.385 e. The van der Waals surface area contributed by atoms with E-state index in [9.17, 15) is 51.6 Å². The van der Waals surface area contributed by atoms with Crippen LogP contribution in [0.4, 0.5) is 26.3 Å². The Morgan fingerprint density at radius 1 is 0.412 bits per heavy atom. The third kappa shape index (κ3) is 33.1. The van der Waals surface area contributed by atoms with E-state index in [1.807, 2.05) is 72.8 Å². The van der Waals surface area contributed by atoms with Crippen LogP contribution in [-0.4, -0.2) is 76.5 Å². The second kappa shape index (κ2) is 51.7. The Kier molecular flexibility index (Phi) is 50.0. The summed E-state index contributed by atoms with van der Waals surface area (Å²) >= 11 is 3.31. The monoisotopic (exact) mass is 1410 g/mol. The van der Waals surface area contributed by atoms with Crippen LogP contribution in [0.15, 0.2) is 193 Å². The van der Waals surface area contributed by atoms with Crippen molar-refractivity contribution in [3.8, 4) is 0 Å². The van der Waals surface area contributed by atoms with E-state index in [0.717, 1.165) is 157 Å². The molecule has 5 fully saturated rings. The van der Waals surface area contributed by atoms with Crippen molar-refractivity contribution < 1.29 is 70.4 Å². The molecule has 15 heteroatoms. The van der Waals surface area contributed by atoms with Crippen LogP contribution in [0.25, 0.3) is 0 Å². The molecule has 3 saturated carbocycles. The number of nitrogens with zero attached hydrogens (tertiary/aromatic N) is 2. The molecule has 4 N–H and O–H groups in total. The van der Waals surface area contributed by atoms with E-state index < -0.39 is 34.0 Å². The van der Waals surface area contributed by atoms with E-state index in [2.05, 4.69) is 88.1 Å². The first-order chi connectivity index (χ1) is 44.5. The molecule has 0 bridgehead atoms. The number of hydrogen-bond donors (Lipinski definition) is 4. The third-order valence-electron chi connectivity index (χ3n) is 17.2. The number of carbonyl (C=O) groups excluding carboxylic acids is 1. The van der Waals surface area contributed by atoms with Gasteiger partial charge in [0.15, 0.2) is 11.6 Å². The summed E-state index contributed by atoms with van der Waals surface area (Å²) in [5.41, 5.74) is 1.76. The SMILES string of the molecule is Brc1ccccc1.C.C.C.C.CF.CF.O=C1CCN(Cc2ccccc2)CC1.OC1(c2ccc(F)cc2)CCCCC1.OC1(c2cccc(F)c2F)CCCCC1.OC1(c2ccccc2)CCN(Cc2ccccc2)CC1.OC1(c2ccccc2F)CCCCC1.[CH2-]CCC.[Li+]. The molecule has 7 nitrogen and oxygen atoms in total. The zero-order chi connectivity index (χ0) is 67.1. The van der Waals surface area contributed by atoms with Crippen molar-refractivity contribution in [1.82, 2.24) is 9.80 Å². The van der Waals surface area contributed by atoms with Gasteiger partial charge in [-0.05, 0) is 110 Å². The van der Waals surface area contributed by atoms with Gasteiger partial charge >= 0.3 is 18.9 Å². The van der Waals surface area contributed by atoms with Crippen molar-refractivity contribution in [2.45, 2.75) is 207 Å². The molecular weight excluding hydrogens is 1290 g/mol. The minimum Gasteiger partial charge on any atom is -0.385 e. The first kappa shape index (κ1) is 93.7. The van der Waals surface area contributed by atoms with E-state index in [-0.39, 0.29) is 65.8 Å². The number of piperidine rings is 2. The fourth-order valence-corrected chi connectivity index (χ4v) is 12.2. The number of likely N-dealkylation sites (tertiary alicyclic amines) is 2. The van der Waals surface area contributed by atoms with Crippen molar-refractivity contribution in [3.05, 3.63) is 256 Å². The van der Waals surface area contributed by atoms with Crippen molar-refractivity contribution in [3.63, 3.8) is 0 Å². The molecule has 3 aliphatic carbocycles. The summed E-state index contributed by atoms with van der Waals surface area (Å²) in [4.78, 5) is 15.8. The predicted molar refractivity (Wildman–Crippen MR) is 393 cm³/mol. The van der Waals surface area contributed by atoms with Gasteiger partial charge in [0, 0.05) is 67.7 Å². The second-order valence-corrected chi connectivity index (χ2v) is 24.9. The maximum absolute atomic E-state index is 13.5. The van der Waals surface area contributed by atoms with Crippen LogP contribution < -0.4 is 18.9 Å². The van der Waals surface area contributed by atoms with Crippen LogP contribution >= 0.6 is 15.9 Å². The number of ketones is 1. The Balaban J connectivity index is 0. The summed E-state index contributed by atoms with van der Waals surface area (Å²) in [6, 6.07) is 57.8. The van der Waals surface area contributed by atoms with E-state index in [1.54, 1.807) is 30.3 Å². The molecule has 5 aliphatic rings. The number of Topliss-reactive ketones (excluding diaryl/α,β-unsaturated/α-hetero) is 1. The van der Waals surface area contributed by atoms with Crippen molar-refractivity contribution >= 4 is 21.7 Å². The average molecular weight is 1410 g/mol. The molecule has 0 aromatic heterocycles. The Hall–Kier alpha value is -5.37.